The van der Waals surface area contributed by atoms with Crippen LogP contribution in [-0.4, -0.2) is 5.41 Å². The Kier molecular flexibility index (Phi) is 4.29. The second kappa shape index (κ2) is 4.46. The van der Waals surface area contributed by atoms with Crippen molar-refractivity contribution in [3.05, 3.63) is 36.5 Å². The van der Waals surface area contributed by atoms with E-state index in [4.69, 9.17) is 0 Å². The van der Waals surface area contributed by atoms with Crippen LogP contribution in [0.5, 0.6) is 0 Å². The van der Waals surface area contributed by atoms with E-state index in [1.807, 2.05) is 6.92 Å². The first-order valence-corrected chi connectivity index (χ1v) is 4.03. The topological polar surface area (TPSA) is 0 Å². The van der Waals surface area contributed by atoms with E-state index in [2.05, 4.69) is 15.8 Å². The third-order valence-corrected chi connectivity index (χ3v) is 1.54. The Morgan fingerprint density at radius 2 is 2.18 bits per heavy atom. The van der Waals surface area contributed by atoms with Crippen molar-refractivity contribution in [1.82, 2.24) is 0 Å². The van der Waals surface area contributed by atoms with Crippen LogP contribution >= 0.6 is 9.24 Å². The molecule has 62 valence electrons. The third-order valence-electron chi connectivity index (χ3n) is 1.21. The molecule has 2 atom stereocenters. The lowest BCUT2D eigenvalue weighted by atomic mass is 10.1. The lowest BCUT2D eigenvalue weighted by molar-refractivity contribution is 0.372. The fourth-order valence-corrected chi connectivity index (χ4v) is 0.880. The molecule has 11 heavy (non-hydrogen) atoms. The molecule has 0 radical (unpaired) electrons. The minimum Gasteiger partial charge on any atom is -0.235 e. The molecule has 0 aliphatic carbocycles. The van der Waals surface area contributed by atoms with Gasteiger partial charge in [-0.05, 0) is 19.4 Å². The van der Waals surface area contributed by atoms with Gasteiger partial charge in [0, 0.05) is 0 Å². The first kappa shape index (κ1) is 10.6. The van der Waals surface area contributed by atoms with Crippen molar-refractivity contribution in [3.8, 4) is 0 Å². The standard InChI is InChI=1S/C9H14FP/c1-4-6-8(7-5-2)9(3,10)11/h4-7H,1,11H2,2-3H3/b7-5-,8-6+. The molecule has 0 saturated heterocycles. The van der Waals surface area contributed by atoms with Crippen molar-refractivity contribution in [3.63, 3.8) is 0 Å². The fraction of sp³-hybridized carbons (Fsp3) is 0.333. The molecule has 2 unspecified atom stereocenters. The van der Waals surface area contributed by atoms with E-state index >= 15 is 0 Å². The number of alkyl halides is 1. The summed E-state index contributed by atoms with van der Waals surface area (Å²) in [5, 5.41) is -1.36. The second-order valence-electron chi connectivity index (χ2n) is 2.43. The zero-order chi connectivity index (χ0) is 8.91. The smallest absolute Gasteiger partial charge is 0.145 e. The Morgan fingerprint density at radius 1 is 1.64 bits per heavy atom. The molecule has 0 aliphatic rings. The summed E-state index contributed by atoms with van der Waals surface area (Å²) in [4.78, 5) is 0. The van der Waals surface area contributed by atoms with Crippen LogP contribution in [0.2, 0.25) is 0 Å². The van der Waals surface area contributed by atoms with Gasteiger partial charge in [-0.15, -0.1) is 0 Å². The number of hydrogen-bond acceptors (Lipinski definition) is 0. The largest absolute Gasteiger partial charge is 0.235 e. The lowest BCUT2D eigenvalue weighted by Gasteiger charge is -2.14. The molecule has 2 heteroatoms. The van der Waals surface area contributed by atoms with Crippen molar-refractivity contribution in [2.75, 3.05) is 0 Å². The molecule has 0 fully saturated rings. The molecule has 0 amide bonds. The Bertz CT molecular complexity index is 184. The Balaban J connectivity index is 4.61. The summed E-state index contributed by atoms with van der Waals surface area (Å²) in [7, 11) is 2.14. The minimum atomic E-state index is -1.36. The molecule has 0 bridgehead atoms. The second-order valence-corrected chi connectivity index (χ2v) is 3.52. The highest BCUT2D eigenvalue weighted by molar-refractivity contribution is 7.19. The number of hydrogen-bond donors (Lipinski definition) is 0. The van der Waals surface area contributed by atoms with E-state index in [1.165, 1.54) is 6.92 Å². The molecule has 0 aromatic heterocycles. The van der Waals surface area contributed by atoms with Gasteiger partial charge in [-0.25, -0.2) is 4.39 Å². The van der Waals surface area contributed by atoms with Gasteiger partial charge in [0.25, 0.3) is 0 Å². The summed E-state index contributed by atoms with van der Waals surface area (Å²) in [6.45, 7) is 6.86. The summed E-state index contributed by atoms with van der Waals surface area (Å²) >= 11 is 0. The first-order valence-electron chi connectivity index (χ1n) is 3.46. The minimum absolute atomic E-state index is 0.611. The maximum atomic E-state index is 13.2. The predicted molar refractivity (Wildman–Crippen MR) is 52.3 cm³/mol. The van der Waals surface area contributed by atoms with E-state index in [-0.39, 0.29) is 0 Å². The maximum Gasteiger partial charge on any atom is 0.145 e. The SMILES string of the molecule is C=C/C=C(\C=C/C)C(C)(F)P. The van der Waals surface area contributed by atoms with Gasteiger partial charge in [-0.3, -0.25) is 0 Å². The molecule has 0 N–H and O–H groups in total. The molecule has 0 spiro atoms. The summed E-state index contributed by atoms with van der Waals surface area (Å²) in [5.74, 6) is 0. The summed E-state index contributed by atoms with van der Waals surface area (Å²) < 4.78 is 13.2. The van der Waals surface area contributed by atoms with Crippen LogP contribution < -0.4 is 0 Å². The van der Waals surface area contributed by atoms with Gasteiger partial charge in [-0.2, -0.15) is 0 Å². The summed E-state index contributed by atoms with van der Waals surface area (Å²) in [6.07, 6.45) is 6.77. The summed E-state index contributed by atoms with van der Waals surface area (Å²) in [5.41, 5.74) is 0.611. The molecule has 0 nitrogen and oxygen atoms in total. The van der Waals surface area contributed by atoms with Crippen LogP contribution in [-0.2, 0) is 0 Å². The highest BCUT2D eigenvalue weighted by atomic mass is 31.0. The molecule has 0 aromatic carbocycles. The summed E-state index contributed by atoms with van der Waals surface area (Å²) in [6, 6.07) is 0. The average Bonchev–Trinajstić information content (AvgIpc) is 1.85. The fourth-order valence-electron chi connectivity index (χ4n) is 0.688. The van der Waals surface area contributed by atoms with Gasteiger partial charge in [0.2, 0.25) is 0 Å². The van der Waals surface area contributed by atoms with Gasteiger partial charge >= 0.3 is 0 Å². The number of allylic oxidation sites excluding steroid dienone is 5. The van der Waals surface area contributed by atoms with E-state index < -0.39 is 5.41 Å². The van der Waals surface area contributed by atoms with Crippen LogP contribution in [0.3, 0.4) is 0 Å². The molecular formula is C9H14FP. The van der Waals surface area contributed by atoms with Gasteiger partial charge in [0.1, 0.15) is 5.41 Å². The predicted octanol–water partition coefficient (Wildman–Crippen LogP) is 3.24. The molecule has 0 aromatic rings. The van der Waals surface area contributed by atoms with Crippen molar-refractivity contribution in [1.29, 1.82) is 0 Å². The van der Waals surface area contributed by atoms with E-state index in [1.54, 1.807) is 24.3 Å². The van der Waals surface area contributed by atoms with Crippen LogP contribution in [0.15, 0.2) is 36.5 Å². The lowest BCUT2D eigenvalue weighted by Crippen LogP contribution is -2.08. The Labute approximate surface area is 70.1 Å². The van der Waals surface area contributed by atoms with Gasteiger partial charge in [0.15, 0.2) is 0 Å². The average molecular weight is 172 g/mol. The van der Waals surface area contributed by atoms with Crippen LogP contribution in [0.25, 0.3) is 0 Å². The number of rotatable bonds is 3. The van der Waals surface area contributed by atoms with E-state index in [0.717, 1.165) is 0 Å². The van der Waals surface area contributed by atoms with Crippen molar-refractivity contribution in [2.45, 2.75) is 19.3 Å². The monoisotopic (exact) mass is 172 g/mol. The normalized spacial score (nSPS) is 18.4. The first-order chi connectivity index (χ1) is 5.02. The molecule has 0 aliphatic heterocycles. The zero-order valence-electron chi connectivity index (χ0n) is 6.97. The Morgan fingerprint density at radius 3 is 2.45 bits per heavy atom. The highest BCUT2D eigenvalue weighted by Crippen LogP contribution is 2.29. The quantitative estimate of drug-likeness (QED) is 0.453. The van der Waals surface area contributed by atoms with Crippen LogP contribution in [0.1, 0.15) is 13.8 Å². The van der Waals surface area contributed by atoms with Crippen molar-refractivity contribution in [2.24, 2.45) is 0 Å². The van der Waals surface area contributed by atoms with Crippen LogP contribution in [0.4, 0.5) is 4.39 Å². The van der Waals surface area contributed by atoms with Gasteiger partial charge in [0.05, 0.1) is 0 Å². The van der Waals surface area contributed by atoms with Gasteiger partial charge in [-0.1, -0.05) is 40.1 Å². The molecule has 0 rings (SSSR count). The van der Waals surface area contributed by atoms with Crippen LogP contribution in [0, 0.1) is 0 Å². The highest BCUT2D eigenvalue weighted by Gasteiger charge is 2.18. The van der Waals surface area contributed by atoms with E-state index in [9.17, 15) is 4.39 Å². The molecule has 0 saturated carbocycles. The maximum absolute atomic E-state index is 13.2. The zero-order valence-corrected chi connectivity index (χ0v) is 8.13. The van der Waals surface area contributed by atoms with Crippen molar-refractivity contribution < 1.29 is 4.39 Å². The van der Waals surface area contributed by atoms with Gasteiger partial charge < -0.3 is 0 Å². The molecule has 0 heterocycles. The number of halogens is 1. The molecular weight excluding hydrogens is 158 g/mol. The van der Waals surface area contributed by atoms with E-state index in [0.29, 0.717) is 5.57 Å². The third kappa shape index (κ3) is 4.10. The Hall–Kier alpha value is -0.420. The van der Waals surface area contributed by atoms with Crippen molar-refractivity contribution >= 4 is 9.24 Å².